The van der Waals surface area contributed by atoms with Gasteiger partial charge >= 0.3 is 0 Å². The number of aliphatic hydroxyl groups excluding tert-OH is 4. The van der Waals surface area contributed by atoms with Crippen LogP contribution in [0.3, 0.4) is 0 Å². The molecule has 4 atom stereocenters. The molecule has 0 saturated heterocycles. The molecule has 0 spiro atoms. The molecule has 7 heteroatoms. The van der Waals surface area contributed by atoms with Gasteiger partial charge in [0.25, 0.3) is 0 Å². The summed E-state index contributed by atoms with van der Waals surface area (Å²) in [4.78, 5) is 24.0. The normalized spacial score (nSPS) is 36.1. The smallest absolute Gasteiger partial charge is 0.247 e. The molecule has 0 aromatic carbocycles. The molecule has 0 aromatic rings. The second kappa shape index (κ2) is 16.2. The molecule has 0 saturated carbocycles. The number of hydrogen-bond donors (Lipinski definition) is 5. The van der Waals surface area contributed by atoms with Gasteiger partial charge in [-0.15, -0.1) is 0 Å². The van der Waals surface area contributed by atoms with Crippen LogP contribution in [0.1, 0.15) is 20.8 Å². The van der Waals surface area contributed by atoms with Crippen LogP contribution in [0.15, 0.2) is 108 Å². The molecule has 35 heavy (non-hydrogen) atoms. The fourth-order valence-electron chi connectivity index (χ4n) is 2.66. The molecule has 188 valence electrons. The van der Waals surface area contributed by atoms with Crippen LogP contribution in [0.2, 0.25) is 0 Å². The lowest BCUT2D eigenvalue weighted by Crippen LogP contribution is -2.40. The predicted octanol–water partition coefficient (Wildman–Crippen LogP) is 3.08. The van der Waals surface area contributed by atoms with Gasteiger partial charge in [-0.1, -0.05) is 91.0 Å². The van der Waals surface area contributed by atoms with Crippen LogP contribution in [-0.2, 0) is 9.59 Å². The number of ketones is 1. The Labute approximate surface area is 206 Å². The highest BCUT2D eigenvalue weighted by atomic mass is 16.4. The van der Waals surface area contributed by atoms with Crippen molar-refractivity contribution in [2.45, 2.75) is 39.1 Å². The van der Waals surface area contributed by atoms with E-state index in [0.29, 0.717) is 12.1 Å². The number of carbonyl (C=O) groups is 2. The monoisotopic (exact) mass is 481 g/mol. The van der Waals surface area contributed by atoms with Gasteiger partial charge in [0.2, 0.25) is 5.91 Å². The SMILES string of the molecule is CC1=C\C=C\C=C\[C@@H](C)CNC(=O)/C=C(O)/C=C/C(C)=C/C=C/[C@@H](O)[C@H](O)[C@H](O)C(=O)/C=C\C=C\1. The molecule has 1 heterocycles. The van der Waals surface area contributed by atoms with Crippen molar-refractivity contribution in [2.24, 2.45) is 5.92 Å². The van der Waals surface area contributed by atoms with E-state index in [1.54, 1.807) is 31.2 Å². The van der Waals surface area contributed by atoms with Crippen LogP contribution in [0.4, 0.5) is 0 Å². The Morgan fingerprint density at radius 1 is 0.800 bits per heavy atom. The van der Waals surface area contributed by atoms with Crippen molar-refractivity contribution in [3.8, 4) is 0 Å². The Morgan fingerprint density at radius 2 is 1.46 bits per heavy atom. The summed E-state index contributed by atoms with van der Waals surface area (Å²) in [6, 6.07) is 0. The molecule has 7 nitrogen and oxygen atoms in total. The molecular formula is C28H35NO6. The maximum atomic E-state index is 12.1. The van der Waals surface area contributed by atoms with Gasteiger partial charge in [0.05, 0.1) is 0 Å². The average molecular weight is 482 g/mol. The van der Waals surface area contributed by atoms with E-state index in [4.69, 9.17) is 0 Å². The summed E-state index contributed by atoms with van der Waals surface area (Å²) in [7, 11) is 0. The standard InChI is InChI=1S/C28H35NO6/c1-20-10-5-4-6-12-22(3)19-29-26(33)18-23(30)17-16-21(2)13-9-15-25(32)28(35)27(34)24(31)14-8-7-11-20/h4-18,22,25,27-28,30,32,34-35H,19H2,1-3H3,(H,29,33)/b5-4+,11-7+,12-6+,14-8-,15-9+,17-16+,20-10+,21-13+,23-18-/t22-,25-,27-,28+/m1/s1. The molecule has 1 rings (SSSR count). The Kier molecular flexibility index (Phi) is 13.6. The van der Waals surface area contributed by atoms with Gasteiger partial charge in [0.1, 0.15) is 24.1 Å². The minimum absolute atomic E-state index is 0.0853. The number of hydrogen-bond acceptors (Lipinski definition) is 6. The van der Waals surface area contributed by atoms with Gasteiger partial charge in [-0.05, 0) is 31.9 Å². The van der Waals surface area contributed by atoms with Gasteiger partial charge in [0, 0.05) is 12.6 Å². The predicted molar refractivity (Wildman–Crippen MR) is 138 cm³/mol. The Bertz CT molecular complexity index is 991. The zero-order valence-electron chi connectivity index (χ0n) is 20.3. The van der Waals surface area contributed by atoms with Crippen molar-refractivity contribution < 1.29 is 30.0 Å². The summed E-state index contributed by atoms with van der Waals surface area (Å²) in [5.74, 6) is -1.30. The first-order valence-corrected chi connectivity index (χ1v) is 11.3. The van der Waals surface area contributed by atoms with E-state index in [0.717, 1.165) is 17.7 Å². The highest BCUT2D eigenvalue weighted by Crippen LogP contribution is 2.06. The van der Waals surface area contributed by atoms with Crippen LogP contribution in [0, 0.1) is 5.92 Å². The highest BCUT2D eigenvalue weighted by Gasteiger charge is 2.27. The molecule has 0 aliphatic carbocycles. The first-order chi connectivity index (χ1) is 16.6. The van der Waals surface area contributed by atoms with Crippen LogP contribution >= 0.6 is 0 Å². The molecule has 0 unspecified atom stereocenters. The summed E-state index contributed by atoms with van der Waals surface area (Å²) in [5, 5.41) is 42.8. The van der Waals surface area contributed by atoms with E-state index < -0.39 is 30.0 Å². The highest BCUT2D eigenvalue weighted by molar-refractivity contribution is 5.94. The van der Waals surface area contributed by atoms with E-state index in [1.165, 1.54) is 24.3 Å². The van der Waals surface area contributed by atoms with Crippen molar-refractivity contribution in [2.75, 3.05) is 6.54 Å². The van der Waals surface area contributed by atoms with Crippen molar-refractivity contribution in [3.63, 3.8) is 0 Å². The largest absolute Gasteiger partial charge is 0.508 e. The number of carbonyl (C=O) groups excluding carboxylic acids is 2. The molecule has 0 fully saturated rings. The third-order valence-corrected chi connectivity index (χ3v) is 4.78. The number of allylic oxidation sites excluding steroid dienone is 13. The van der Waals surface area contributed by atoms with Gasteiger partial charge in [-0.25, -0.2) is 0 Å². The molecule has 0 radical (unpaired) electrons. The zero-order valence-corrected chi connectivity index (χ0v) is 20.3. The van der Waals surface area contributed by atoms with Crippen molar-refractivity contribution in [3.05, 3.63) is 108 Å². The van der Waals surface area contributed by atoms with Crippen LogP contribution in [-0.4, -0.2) is 57.0 Å². The first kappa shape index (κ1) is 29.5. The lowest BCUT2D eigenvalue weighted by molar-refractivity contribution is -0.131. The summed E-state index contributed by atoms with van der Waals surface area (Å²) >= 11 is 0. The summed E-state index contributed by atoms with van der Waals surface area (Å²) < 4.78 is 0. The summed E-state index contributed by atoms with van der Waals surface area (Å²) in [6.45, 7) is 5.96. The third kappa shape index (κ3) is 13.1. The number of amides is 1. The van der Waals surface area contributed by atoms with E-state index in [9.17, 15) is 30.0 Å². The maximum Gasteiger partial charge on any atom is 0.247 e. The fourth-order valence-corrected chi connectivity index (χ4v) is 2.66. The third-order valence-electron chi connectivity index (χ3n) is 4.78. The molecule has 0 aromatic heterocycles. The Morgan fingerprint density at radius 3 is 2.20 bits per heavy atom. The Hall–Kier alpha value is -3.52. The molecule has 1 aliphatic heterocycles. The van der Waals surface area contributed by atoms with Crippen molar-refractivity contribution >= 4 is 11.7 Å². The van der Waals surface area contributed by atoms with Crippen molar-refractivity contribution in [1.82, 2.24) is 5.32 Å². The quantitative estimate of drug-likeness (QED) is 0.362. The lowest BCUT2D eigenvalue weighted by atomic mass is 10.0. The average Bonchev–Trinajstić information content (AvgIpc) is 2.82. The topological polar surface area (TPSA) is 127 Å². The van der Waals surface area contributed by atoms with Crippen molar-refractivity contribution in [1.29, 1.82) is 0 Å². The van der Waals surface area contributed by atoms with Gasteiger partial charge in [0.15, 0.2) is 5.78 Å². The van der Waals surface area contributed by atoms with Crippen LogP contribution < -0.4 is 5.32 Å². The minimum Gasteiger partial charge on any atom is -0.508 e. The molecule has 1 amide bonds. The van der Waals surface area contributed by atoms with Gasteiger partial charge in [-0.2, -0.15) is 0 Å². The van der Waals surface area contributed by atoms with E-state index >= 15 is 0 Å². The van der Waals surface area contributed by atoms with E-state index in [1.807, 2.05) is 44.2 Å². The van der Waals surface area contributed by atoms with Crippen LogP contribution in [0.25, 0.3) is 0 Å². The summed E-state index contributed by atoms with van der Waals surface area (Å²) in [6.07, 6.45) is 18.6. The number of aliphatic hydroxyl groups is 4. The molecular weight excluding hydrogens is 446 g/mol. The molecule has 1 aliphatic rings. The number of rotatable bonds is 0. The van der Waals surface area contributed by atoms with E-state index in [-0.39, 0.29) is 11.7 Å². The second-order valence-electron chi connectivity index (χ2n) is 8.15. The first-order valence-electron chi connectivity index (χ1n) is 11.3. The summed E-state index contributed by atoms with van der Waals surface area (Å²) in [5.41, 5.74) is 1.59. The van der Waals surface area contributed by atoms with E-state index in [2.05, 4.69) is 5.32 Å². The lowest BCUT2D eigenvalue weighted by Gasteiger charge is -2.18. The Balaban J connectivity index is 3.09. The fraction of sp³-hybridized carbons (Fsp3) is 0.286. The zero-order chi connectivity index (χ0) is 26.2. The van der Waals surface area contributed by atoms with Gasteiger partial charge in [-0.3, -0.25) is 9.59 Å². The van der Waals surface area contributed by atoms with Gasteiger partial charge < -0.3 is 25.7 Å². The minimum atomic E-state index is -1.79. The number of nitrogens with one attached hydrogen (secondary N) is 1. The molecule has 5 N–H and O–H groups in total. The second-order valence-corrected chi connectivity index (χ2v) is 8.15. The maximum absolute atomic E-state index is 12.1. The van der Waals surface area contributed by atoms with Crippen LogP contribution in [0.5, 0.6) is 0 Å². The molecule has 0 bridgehead atoms.